The first-order valence-electron chi connectivity index (χ1n) is 7.34. The van der Waals surface area contributed by atoms with Gasteiger partial charge in [0.2, 0.25) is 5.56 Å². The van der Waals surface area contributed by atoms with Crippen LogP contribution < -0.4 is 5.56 Å². The molecule has 3 rings (SSSR count). The van der Waals surface area contributed by atoms with Crippen LogP contribution in [0.4, 0.5) is 0 Å². The van der Waals surface area contributed by atoms with Crippen molar-refractivity contribution < 1.29 is 9.90 Å². The molecule has 108 valence electrons. The Balaban J connectivity index is 1.79. The second kappa shape index (κ2) is 5.40. The van der Waals surface area contributed by atoms with Gasteiger partial charge in [0.1, 0.15) is 0 Å². The molecule has 3 unspecified atom stereocenters. The van der Waals surface area contributed by atoms with E-state index in [1.54, 1.807) is 6.07 Å². The molecule has 5 heteroatoms. The SMILES string of the molecule is O=C(c1ccc(=O)[nH]c1)N1CCCC1C1CCCC1O. The average molecular weight is 276 g/mol. The minimum Gasteiger partial charge on any atom is -0.393 e. The van der Waals surface area contributed by atoms with Crippen molar-refractivity contribution in [2.24, 2.45) is 5.92 Å². The summed E-state index contributed by atoms with van der Waals surface area (Å²) in [5.41, 5.74) is 0.315. The Labute approximate surface area is 117 Å². The predicted molar refractivity (Wildman–Crippen MR) is 74.5 cm³/mol. The Kier molecular flexibility index (Phi) is 3.61. The van der Waals surface area contributed by atoms with Gasteiger partial charge in [-0.3, -0.25) is 9.59 Å². The third-order valence-corrected chi connectivity index (χ3v) is 4.62. The normalized spacial score (nSPS) is 29.9. The Hall–Kier alpha value is -1.62. The summed E-state index contributed by atoms with van der Waals surface area (Å²) in [6, 6.07) is 3.09. The number of carbonyl (C=O) groups is 1. The van der Waals surface area contributed by atoms with Gasteiger partial charge in [0.25, 0.3) is 5.91 Å². The molecule has 2 fully saturated rings. The molecule has 5 nitrogen and oxygen atoms in total. The molecule has 1 amide bonds. The standard InChI is InChI=1S/C15H20N2O3/c18-13-5-1-3-11(13)12-4-2-8-17(12)15(20)10-6-7-14(19)16-9-10/h6-7,9,11-13,18H,1-5,8H2,(H,16,19). The monoisotopic (exact) mass is 276 g/mol. The number of likely N-dealkylation sites (tertiary alicyclic amines) is 1. The minimum absolute atomic E-state index is 0.0390. The van der Waals surface area contributed by atoms with E-state index in [1.807, 2.05) is 4.90 Å². The number of aliphatic hydroxyl groups excluding tert-OH is 1. The lowest BCUT2D eigenvalue weighted by Gasteiger charge is -2.31. The molecule has 1 aliphatic heterocycles. The zero-order valence-corrected chi connectivity index (χ0v) is 11.4. The summed E-state index contributed by atoms with van der Waals surface area (Å²) in [5.74, 6) is 0.173. The van der Waals surface area contributed by atoms with E-state index in [0.717, 1.165) is 38.6 Å². The molecule has 0 aromatic carbocycles. The molecule has 1 saturated heterocycles. The smallest absolute Gasteiger partial charge is 0.255 e. The van der Waals surface area contributed by atoms with E-state index >= 15 is 0 Å². The lowest BCUT2D eigenvalue weighted by atomic mass is 9.94. The second-order valence-corrected chi connectivity index (χ2v) is 5.81. The molecule has 2 aliphatic rings. The van der Waals surface area contributed by atoms with E-state index < -0.39 is 0 Å². The predicted octanol–water partition coefficient (Wildman–Crippen LogP) is 1.14. The highest BCUT2D eigenvalue weighted by molar-refractivity contribution is 5.94. The minimum atomic E-state index is -0.274. The first kappa shape index (κ1) is 13.4. The van der Waals surface area contributed by atoms with Gasteiger partial charge >= 0.3 is 0 Å². The van der Waals surface area contributed by atoms with Crippen molar-refractivity contribution in [2.45, 2.75) is 44.2 Å². The molecule has 1 saturated carbocycles. The lowest BCUT2D eigenvalue weighted by molar-refractivity contribution is 0.0527. The van der Waals surface area contributed by atoms with Crippen molar-refractivity contribution in [2.75, 3.05) is 6.54 Å². The maximum atomic E-state index is 12.6. The Morgan fingerprint density at radius 3 is 2.75 bits per heavy atom. The van der Waals surface area contributed by atoms with Gasteiger partial charge in [-0.2, -0.15) is 0 Å². The van der Waals surface area contributed by atoms with Gasteiger partial charge in [-0.1, -0.05) is 6.42 Å². The number of pyridine rings is 1. The van der Waals surface area contributed by atoms with Crippen LogP contribution in [-0.2, 0) is 0 Å². The molecule has 0 spiro atoms. The number of amides is 1. The van der Waals surface area contributed by atoms with Gasteiger partial charge < -0.3 is 15.0 Å². The second-order valence-electron chi connectivity index (χ2n) is 5.81. The van der Waals surface area contributed by atoms with Gasteiger partial charge in [0.15, 0.2) is 0 Å². The van der Waals surface area contributed by atoms with Crippen molar-refractivity contribution in [1.82, 2.24) is 9.88 Å². The molecule has 0 radical (unpaired) electrons. The van der Waals surface area contributed by atoms with E-state index in [4.69, 9.17) is 0 Å². The number of carbonyl (C=O) groups excluding carboxylic acids is 1. The van der Waals surface area contributed by atoms with Gasteiger partial charge in [-0.15, -0.1) is 0 Å². The van der Waals surface area contributed by atoms with Gasteiger partial charge in [0, 0.05) is 30.8 Å². The van der Waals surface area contributed by atoms with Crippen LogP contribution in [-0.4, -0.2) is 39.6 Å². The van der Waals surface area contributed by atoms with E-state index in [0.29, 0.717) is 5.56 Å². The number of hydrogen-bond acceptors (Lipinski definition) is 3. The molecular formula is C15H20N2O3. The third kappa shape index (κ3) is 2.38. The van der Waals surface area contributed by atoms with Crippen LogP contribution in [0.1, 0.15) is 42.5 Å². The fourth-order valence-electron chi connectivity index (χ4n) is 3.62. The zero-order chi connectivity index (χ0) is 14.1. The topological polar surface area (TPSA) is 73.4 Å². The van der Waals surface area contributed by atoms with Gasteiger partial charge in [0.05, 0.1) is 11.7 Å². The highest BCUT2D eigenvalue weighted by atomic mass is 16.3. The van der Waals surface area contributed by atoms with Crippen molar-refractivity contribution in [3.8, 4) is 0 Å². The van der Waals surface area contributed by atoms with Gasteiger partial charge in [-0.25, -0.2) is 0 Å². The van der Waals surface area contributed by atoms with Crippen LogP contribution in [0, 0.1) is 5.92 Å². The summed E-state index contributed by atoms with van der Waals surface area (Å²) in [6.45, 7) is 0.742. The summed E-state index contributed by atoms with van der Waals surface area (Å²) in [5, 5.41) is 10.1. The van der Waals surface area contributed by atoms with Crippen LogP contribution in [0.15, 0.2) is 23.1 Å². The number of nitrogens with one attached hydrogen (secondary N) is 1. The third-order valence-electron chi connectivity index (χ3n) is 4.62. The maximum Gasteiger partial charge on any atom is 0.255 e. The molecular weight excluding hydrogens is 256 g/mol. The van der Waals surface area contributed by atoms with Crippen molar-refractivity contribution in [1.29, 1.82) is 0 Å². The molecule has 1 aliphatic carbocycles. The van der Waals surface area contributed by atoms with Crippen molar-refractivity contribution in [3.05, 3.63) is 34.2 Å². The van der Waals surface area contributed by atoms with E-state index in [-0.39, 0.29) is 29.5 Å². The fraction of sp³-hybridized carbons (Fsp3) is 0.600. The molecule has 0 bridgehead atoms. The van der Waals surface area contributed by atoms with E-state index in [9.17, 15) is 14.7 Å². The summed E-state index contributed by atoms with van der Waals surface area (Å²) in [6.07, 6.45) is 6.06. The summed E-state index contributed by atoms with van der Waals surface area (Å²) >= 11 is 0. The molecule has 2 N–H and O–H groups in total. The molecule has 1 aromatic rings. The number of aromatic amines is 1. The maximum absolute atomic E-state index is 12.6. The number of aliphatic hydroxyl groups is 1. The van der Waals surface area contributed by atoms with E-state index in [2.05, 4.69) is 4.98 Å². The number of hydrogen-bond donors (Lipinski definition) is 2. The van der Waals surface area contributed by atoms with Crippen LogP contribution in [0.5, 0.6) is 0 Å². The number of nitrogens with zero attached hydrogens (tertiary/aromatic N) is 1. The van der Waals surface area contributed by atoms with Crippen LogP contribution in [0.2, 0.25) is 0 Å². The molecule has 3 atom stereocenters. The van der Waals surface area contributed by atoms with Crippen LogP contribution >= 0.6 is 0 Å². The first-order chi connectivity index (χ1) is 9.66. The largest absolute Gasteiger partial charge is 0.393 e. The molecule has 20 heavy (non-hydrogen) atoms. The zero-order valence-electron chi connectivity index (χ0n) is 11.4. The lowest BCUT2D eigenvalue weighted by Crippen LogP contribution is -2.42. The van der Waals surface area contributed by atoms with Gasteiger partial charge in [-0.05, 0) is 31.7 Å². The van der Waals surface area contributed by atoms with Crippen molar-refractivity contribution >= 4 is 5.91 Å². The number of aromatic nitrogens is 1. The number of rotatable bonds is 2. The summed E-state index contributed by atoms with van der Waals surface area (Å²) in [4.78, 5) is 28.0. The quantitative estimate of drug-likeness (QED) is 0.850. The first-order valence-corrected chi connectivity index (χ1v) is 7.34. The van der Waals surface area contributed by atoms with Crippen LogP contribution in [0.3, 0.4) is 0 Å². The molecule has 2 heterocycles. The number of H-pyrrole nitrogens is 1. The fourth-order valence-corrected chi connectivity index (χ4v) is 3.62. The Morgan fingerprint density at radius 1 is 1.25 bits per heavy atom. The highest BCUT2D eigenvalue weighted by Gasteiger charge is 2.40. The summed E-state index contributed by atoms with van der Waals surface area (Å²) < 4.78 is 0. The Morgan fingerprint density at radius 2 is 2.10 bits per heavy atom. The highest BCUT2D eigenvalue weighted by Crippen LogP contribution is 2.36. The van der Waals surface area contributed by atoms with Crippen molar-refractivity contribution in [3.63, 3.8) is 0 Å². The molecule has 1 aromatic heterocycles. The Bertz CT molecular complexity index is 534. The summed E-state index contributed by atoms with van der Waals surface area (Å²) in [7, 11) is 0. The average Bonchev–Trinajstić information content (AvgIpc) is 3.07. The van der Waals surface area contributed by atoms with Crippen LogP contribution in [0.25, 0.3) is 0 Å². The van der Waals surface area contributed by atoms with E-state index in [1.165, 1.54) is 12.3 Å².